The van der Waals surface area contributed by atoms with Gasteiger partial charge in [-0.15, -0.1) is 0 Å². The molecule has 82 valence electrons. The summed E-state index contributed by atoms with van der Waals surface area (Å²) < 4.78 is 5.52. The first kappa shape index (κ1) is 10.7. The highest BCUT2D eigenvalue weighted by Gasteiger charge is 2.23. The summed E-state index contributed by atoms with van der Waals surface area (Å²) in [5, 5.41) is 3.55. The third-order valence-electron chi connectivity index (χ3n) is 3.03. The van der Waals surface area contributed by atoms with E-state index in [1.54, 1.807) is 0 Å². The summed E-state index contributed by atoms with van der Waals surface area (Å²) in [7, 11) is 0. The summed E-state index contributed by atoms with van der Waals surface area (Å²) in [5.41, 5.74) is 2.68. The molecule has 1 N–H and O–H groups in total. The highest BCUT2D eigenvalue weighted by molar-refractivity contribution is 5.22. The molecule has 0 unspecified atom stereocenters. The van der Waals surface area contributed by atoms with Gasteiger partial charge in [0.25, 0.3) is 0 Å². The molecule has 2 heteroatoms. The summed E-state index contributed by atoms with van der Waals surface area (Å²) in [6.07, 6.45) is 1.49. The molecular formula is C13H19NO. The SMILES string of the molecule is Cc1cccc(CN[C@H]2CCO[C@@H]2C)c1. The number of rotatable bonds is 3. The van der Waals surface area contributed by atoms with Crippen LogP contribution in [-0.2, 0) is 11.3 Å². The van der Waals surface area contributed by atoms with Crippen LogP contribution in [0.4, 0.5) is 0 Å². The van der Waals surface area contributed by atoms with Gasteiger partial charge in [-0.05, 0) is 25.8 Å². The zero-order chi connectivity index (χ0) is 10.7. The third kappa shape index (κ3) is 2.80. The Labute approximate surface area is 91.6 Å². The van der Waals surface area contributed by atoms with E-state index in [-0.39, 0.29) is 0 Å². The second kappa shape index (κ2) is 4.77. The number of nitrogens with one attached hydrogen (secondary N) is 1. The van der Waals surface area contributed by atoms with Gasteiger partial charge in [-0.2, -0.15) is 0 Å². The summed E-state index contributed by atoms with van der Waals surface area (Å²) in [4.78, 5) is 0. The van der Waals surface area contributed by atoms with Crippen molar-refractivity contribution >= 4 is 0 Å². The van der Waals surface area contributed by atoms with Crippen LogP contribution >= 0.6 is 0 Å². The molecule has 1 saturated heterocycles. The largest absolute Gasteiger partial charge is 0.377 e. The Hall–Kier alpha value is -0.860. The fourth-order valence-corrected chi connectivity index (χ4v) is 2.07. The van der Waals surface area contributed by atoms with Crippen LogP contribution in [0.5, 0.6) is 0 Å². The van der Waals surface area contributed by atoms with E-state index in [0.717, 1.165) is 19.6 Å². The van der Waals surface area contributed by atoms with E-state index < -0.39 is 0 Å². The molecule has 2 atom stereocenters. The van der Waals surface area contributed by atoms with Crippen molar-refractivity contribution < 1.29 is 4.74 Å². The van der Waals surface area contributed by atoms with Crippen molar-refractivity contribution in [2.24, 2.45) is 0 Å². The van der Waals surface area contributed by atoms with Gasteiger partial charge in [-0.25, -0.2) is 0 Å². The van der Waals surface area contributed by atoms with Crippen LogP contribution in [0.25, 0.3) is 0 Å². The lowest BCUT2D eigenvalue weighted by atomic mass is 10.1. The van der Waals surface area contributed by atoms with E-state index in [4.69, 9.17) is 4.74 Å². The molecule has 1 heterocycles. The van der Waals surface area contributed by atoms with Crippen molar-refractivity contribution in [3.05, 3.63) is 35.4 Å². The Bertz CT molecular complexity index is 324. The maximum absolute atomic E-state index is 5.52. The molecule has 0 amide bonds. The fraction of sp³-hybridized carbons (Fsp3) is 0.538. The monoisotopic (exact) mass is 205 g/mol. The second-order valence-electron chi connectivity index (χ2n) is 4.34. The predicted molar refractivity (Wildman–Crippen MR) is 61.8 cm³/mol. The van der Waals surface area contributed by atoms with Crippen LogP contribution < -0.4 is 5.32 Å². The van der Waals surface area contributed by atoms with E-state index >= 15 is 0 Å². The maximum Gasteiger partial charge on any atom is 0.0700 e. The molecule has 1 aliphatic heterocycles. The van der Waals surface area contributed by atoms with Crippen molar-refractivity contribution in [1.29, 1.82) is 0 Å². The predicted octanol–water partition coefficient (Wildman–Crippen LogP) is 2.26. The third-order valence-corrected chi connectivity index (χ3v) is 3.03. The minimum Gasteiger partial charge on any atom is -0.377 e. The van der Waals surface area contributed by atoms with Crippen LogP contribution in [0.3, 0.4) is 0 Å². The van der Waals surface area contributed by atoms with Crippen LogP contribution in [0.2, 0.25) is 0 Å². The molecule has 0 radical (unpaired) electrons. The van der Waals surface area contributed by atoms with Crippen molar-refractivity contribution in [3.8, 4) is 0 Å². The number of aryl methyl sites for hydroxylation is 1. The van der Waals surface area contributed by atoms with E-state index in [1.165, 1.54) is 11.1 Å². The first-order valence-electron chi connectivity index (χ1n) is 5.66. The van der Waals surface area contributed by atoms with Gasteiger partial charge in [0.15, 0.2) is 0 Å². The summed E-state index contributed by atoms with van der Waals surface area (Å²) in [5.74, 6) is 0. The Morgan fingerprint density at radius 3 is 3.00 bits per heavy atom. The average molecular weight is 205 g/mol. The van der Waals surface area contributed by atoms with E-state index in [9.17, 15) is 0 Å². The molecule has 0 aliphatic carbocycles. The van der Waals surface area contributed by atoms with Gasteiger partial charge in [0.2, 0.25) is 0 Å². The smallest absolute Gasteiger partial charge is 0.0700 e. The summed E-state index contributed by atoms with van der Waals surface area (Å²) in [6.45, 7) is 6.11. The van der Waals surface area contributed by atoms with Crippen molar-refractivity contribution in [2.45, 2.75) is 39.0 Å². The summed E-state index contributed by atoms with van der Waals surface area (Å²) >= 11 is 0. The Balaban J connectivity index is 1.87. The molecule has 2 rings (SSSR count). The van der Waals surface area contributed by atoms with Gasteiger partial charge in [-0.1, -0.05) is 29.8 Å². The minimum absolute atomic E-state index is 0.356. The van der Waals surface area contributed by atoms with Gasteiger partial charge in [-0.3, -0.25) is 0 Å². The maximum atomic E-state index is 5.52. The van der Waals surface area contributed by atoms with Crippen LogP contribution in [-0.4, -0.2) is 18.8 Å². The average Bonchev–Trinajstić information content (AvgIpc) is 2.61. The lowest BCUT2D eigenvalue weighted by molar-refractivity contribution is 0.113. The molecule has 1 fully saturated rings. The van der Waals surface area contributed by atoms with Crippen LogP contribution in [0.15, 0.2) is 24.3 Å². The van der Waals surface area contributed by atoms with Gasteiger partial charge in [0, 0.05) is 19.2 Å². The molecule has 1 aliphatic rings. The molecule has 0 aromatic heterocycles. The van der Waals surface area contributed by atoms with Gasteiger partial charge >= 0.3 is 0 Å². The van der Waals surface area contributed by atoms with Crippen molar-refractivity contribution in [3.63, 3.8) is 0 Å². The Morgan fingerprint density at radius 2 is 2.33 bits per heavy atom. The van der Waals surface area contributed by atoms with Gasteiger partial charge in [0.05, 0.1) is 6.10 Å². The molecule has 0 saturated carbocycles. The zero-order valence-corrected chi connectivity index (χ0v) is 9.49. The normalized spacial score (nSPS) is 25.7. The molecule has 0 spiro atoms. The lowest BCUT2D eigenvalue weighted by Crippen LogP contribution is -2.34. The molecular weight excluding hydrogens is 186 g/mol. The zero-order valence-electron chi connectivity index (χ0n) is 9.49. The number of hydrogen-bond acceptors (Lipinski definition) is 2. The highest BCUT2D eigenvalue weighted by Crippen LogP contribution is 2.13. The van der Waals surface area contributed by atoms with Crippen LogP contribution in [0.1, 0.15) is 24.5 Å². The molecule has 1 aromatic rings. The highest BCUT2D eigenvalue weighted by atomic mass is 16.5. The van der Waals surface area contributed by atoms with E-state index in [0.29, 0.717) is 12.1 Å². The topological polar surface area (TPSA) is 21.3 Å². The fourth-order valence-electron chi connectivity index (χ4n) is 2.07. The second-order valence-corrected chi connectivity index (χ2v) is 4.34. The first-order valence-corrected chi connectivity index (χ1v) is 5.66. The van der Waals surface area contributed by atoms with Gasteiger partial charge < -0.3 is 10.1 Å². The number of hydrogen-bond donors (Lipinski definition) is 1. The Kier molecular flexibility index (Phi) is 3.39. The molecule has 15 heavy (non-hydrogen) atoms. The number of benzene rings is 1. The standard InChI is InChI=1S/C13H19NO/c1-10-4-3-5-12(8-10)9-14-13-6-7-15-11(13)2/h3-5,8,11,13-14H,6-7,9H2,1-2H3/t11-,13+/m1/s1. The van der Waals surface area contributed by atoms with Gasteiger partial charge in [0.1, 0.15) is 0 Å². The minimum atomic E-state index is 0.356. The van der Waals surface area contributed by atoms with E-state index in [2.05, 4.69) is 43.4 Å². The van der Waals surface area contributed by atoms with Crippen LogP contribution in [0, 0.1) is 6.92 Å². The molecule has 2 nitrogen and oxygen atoms in total. The van der Waals surface area contributed by atoms with E-state index in [1.807, 2.05) is 0 Å². The quantitative estimate of drug-likeness (QED) is 0.817. The van der Waals surface area contributed by atoms with Crippen molar-refractivity contribution in [2.75, 3.05) is 6.61 Å². The molecule has 0 bridgehead atoms. The number of ether oxygens (including phenoxy) is 1. The molecule has 1 aromatic carbocycles. The van der Waals surface area contributed by atoms with Crippen molar-refractivity contribution in [1.82, 2.24) is 5.32 Å². The Morgan fingerprint density at radius 1 is 1.47 bits per heavy atom. The first-order chi connectivity index (χ1) is 7.25. The lowest BCUT2D eigenvalue weighted by Gasteiger charge is -2.16. The summed E-state index contributed by atoms with van der Waals surface area (Å²) in [6, 6.07) is 9.16.